The minimum atomic E-state index is -3.67. The molecular formula is C22H31N7O3S. The van der Waals surface area contributed by atoms with Gasteiger partial charge in [-0.3, -0.25) is 0 Å². The molecule has 3 aromatic rings. The van der Waals surface area contributed by atoms with Crippen LogP contribution < -0.4 is 15.8 Å². The van der Waals surface area contributed by atoms with E-state index < -0.39 is 15.3 Å². The molecule has 1 unspecified atom stereocenters. The monoisotopic (exact) mass is 473 g/mol. The smallest absolute Gasteiger partial charge is 0.227 e. The van der Waals surface area contributed by atoms with Crippen molar-refractivity contribution in [3.63, 3.8) is 0 Å². The third-order valence-corrected chi connectivity index (χ3v) is 7.55. The first-order valence-electron chi connectivity index (χ1n) is 11.3. The Kier molecular flexibility index (Phi) is 6.82. The molecule has 1 atom stereocenters. The average molecular weight is 474 g/mol. The Balaban J connectivity index is 1.62. The van der Waals surface area contributed by atoms with Crippen LogP contribution in [0.5, 0.6) is 0 Å². The lowest BCUT2D eigenvalue weighted by Crippen LogP contribution is -2.29. The molecule has 0 saturated heterocycles. The summed E-state index contributed by atoms with van der Waals surface area (Å²) in [7, 11) is -3.67. The van der Waals surface area contributed by atoms with Gasteiger partial charge in [0.1, 0.15) is 0 Å². The van der Waals surface area contributed by atoms with E-state index in [4.69, 9.17) is 10.1 Å². The van der Waals surface area contributed by atoms with Crippen LogP contribution in [-0.2, 0) is 16.6 Å². The number of imidazole rings is 1. The summed E-state index contributed by atoms with van der Waals surface area (Å²) >= 11 is 0. The first kappa shape index (κ1) is 23.4. The number of aryl methyl sites for hydroxylation is 1. The highest BCUT2D eigenvalue weighted by molar-refractivity contribution is 7.89. The van der Waals surface area contributed by atoms with Crippen LogP contribution in [0.25, 0.3) is 11.2 Å². The van der Waals surface area contributed by atoms with Gasteiger partial charge in [0.15, 0.2) is 17.0 Å². The van der Waals surface area contributed by atoms with Crippen LogP contribution in [0.3, 0.4) is 0 Å². The van der Waals surface area contributed by atoms with Crippen molar-refractivity contribution in [2.75, 3.05) is 10.6 Å². The molecule has 0 radical (unpaired) electrons. The van der Waals surface area contributed by atoms with E-state index >= 15 is 0 Å². The van der Waals surface area contributed by atoms with Crippen molar-refractivity contribution in [3.05, 3.63) is 36.2 Å². The lowest BCUT2D eigenvalue weighted by atomic mass is 9.93. The third-order valence-electron chi connectivity index (χ3n) is 6.15. The second-order valence-corrected chi connectivity index (χ2v) is 10.2. The fraction of sp³-hybridized carbons (Fsp3) is 0.500. The largest absolute Gasteiger partial charge is 0.393 e. The Morgan fingerprint density at radius 2 is 1.85 bits per heavy atom. The predicted octanol–water partition coefficient (Wildman–Crippen LogP) is 3.04. The van der Waals surface area contributed by atoms with Crippen molar-refractivity contribution in [3.8, 4) is 0 Å². The summed E-state index contributed by atoms with van der Waals surface area (Å²) in [5, 5.41) is 21.1. The normalized spacial score (nSPS) is 20.0. The SMILES string of the molecule is CCC(c1ccc(Nc2nc(NC3CCC(O)CC3)nc3c2ncn3CC)cc1)S(N)(=O)=O. The number of anilines is 3. The second-order valence-electron chi connectivity index (χ2n) is 8.48. The molecule has 2 heterocycles. The Morgan fingerprint density at radius 3 is 2.45 bits per heavy atom. The van der Waals surface area contributed by atoms with Crippen LogP contribution in [0, 0.1) is 0 Å². The zero-order valence-corrected chi connectivity index (χ0v) is 19.7. The van der Waals surface area contributed by atoms with Gasteiger partial charge in [-0.1, -0.05) is 19.1 Å². The molecule has 10 nitrogen and oxygen atoms in total. The zero-order chi connectivity index (χ0) is 23.6. The van der Waals surface area contributed by atoms with Crippen molar-refractivity contribution in [1.82, 2.24) is 19.5 Å². The number of sulfonamides is 1. The molecule has 1 aliphatic carbocycles. The highest BCUT2D eigenvalue weighted by atomic mass is 32.2. The van der Waals surface area contributed by atoms with Crippen LogP contribution in [0.2, 0.25) is 0 Å². The van der Waals surface area contributed by atoms with Gasteiger partial charge in [0.25, 0.3) is 0 Å². The average Bonchev–Trinajstić information content (AvgIpc) is 3.19. The van der Waals surface area contributed by atoms with Crippen LogP contribution in [0.4, 0.5) is 17.5 Å². The maximum atomic E-state index is 11.8. The maximum Gasteiger partial charge on any atom is 0.227 e. The molecule has 178 valence electrons. The number of aromatic nitrogens is 4. The predicted molar refractivity (Wildman–Crippen MR) is 129 cm³/mol. The van der Waals surface area contributed by atoms with Gasteiger partial charge in [-0.05, 0) is 56.7 Å². The molecule has 1 fully saturated rings. The molecule has 5 N–H and O–H groups in total. The van der Waals surface area contributed by atoms with Crippen molar-refractivity contribution in [2.45, 2.75) is 69.9 Å². The number of primary sulfonamides is 1. The molecule has 0 aliphatic heterocycles. The van der Waals surface area contributed by atoms with Gasteiger partial charge in [0, 0.05) is 18.3 Å². The third kappa shape index (κ3) is 5.26. The van der Waals surface area contributed by atoms with Gasteiger partial charge in [0.05, 0.1) is 17.7 Å². The van der Waals surface area contributed by atoms with E-state index in [1.165, 1.54) is 0 Å². The first-order valence-corrected chi connectivity index (χ1v) is 13.0. The van der Waals surface area contributed by atoms with Crippen molar-refractivity contribution >= 4 is 38.6 Å². The Labute approximate surface area is 193 Å². The van der Waals surface area contributed by atoms with E-state index in [1.54, 1.807) is 25.4 Å². The summed E-state index contributed by atoms with van der Waals surface area (Å²) in [6.45, 7) is 4.55. The summed E-state index contributed by atoms with van der Waals surface area (Å²) in [4.78, 5) is 13.9. The first-order chi connectivity index (χ1) is 15.8. The van der Waals surface area contributed by atoms with Gasteiger partial charge in [-0.2, -0.15) is 9.97 Å². The molecule has 0 spiro atoms. The minimum Gasteiger partial charge on any atom is -0.393 e. The van der Waals surface area contributed by atoms with E-state index in [9.17, 15) is 13.5 Å². The van der Waals surface area contributed by atoms with Crippen LogP contribution in [0.1, 0.15) is 56.8 Å². The molecule has 2 aromatic heterocycles. The standard InChI is InChI=1S/C22H31N7O3S/c1-3-18(33(23,31)32)14-5-7-15(8-6-14)25-20-19-21(29(4-2)13-24-19)28-22(27-20)26-16-9-11-17(30)12-10-16/h5-8,13,16-18,30H,3-4,9-12H2,1-2H3,(H2,23,31,32)(H2,25,26,27,28). The van der Waals surface area contributed by atoms with Gasteiger partial charge in [-0.15, -0.1) is 0 Å². The Bertz CT molecular complexity index is 1200. The lowest BCUT2D eigenvalue weighted by Gasteiger charge is -2.26. The molecule has 33 heavy (non-hydrogen) atoms. The van der Waals surface area contributed by atoms with Gasteiger partial charge < -0.3 is 20.3 Å². The molecule has 0 bridgehead atoms. The molecule has 4 rings (SSSR count). The van der Waals surface area contributed by atoms with Gasteiger partial charge >= 0.3 is 0 Å². The van der Waals surface area contributed by atoms with E-state index in [1.807, 2.05) is 23.6 Å². The number of aliphatic hydroxyl groups excluding tert-OH is 1. The lowest BCUT2D eigenvalue weighted by molar-refractivity contribution is 0.126. The number of rotatable bonds is 8. The second kappa shape index (κ2) is 9.62. The molecule has 0 amide bonds. The van der Waals surface area contributed by atoms with Crippen LogP contribution >= 0.6 is 0 Å². The number of hydrogen-bond donors (Lipinski definition) is 4. The van der Waals surface area contributed by atoms with Crippen molar-refractivity contribution in [2.24, 2.45) is 5.14 Å². The molecule has 1 aromatic carbocycles. The number of nitrogens with zero attached hydrogens (tertiary/aromatic N) is 4. The van der Waals surface area contributed by atoms with Crippen LogP contribution in [-0.4, -0.2) is 45.2 Å². The Morgan fingerprint density at radius 1 is 1.15 bits per heavy atom. The number of nitrogens with one attached hydrogen (secondary N) is 2. The van der Waals surface area contributed by atoms with E-state index in [0.29, 0.717) is 29.3 Å². The van der Waals surface area contributed by atoms with Crippen molar-refractivity contribution in [1.29, 1.82) is 0 Å². The summed E-state index contributed by atoms with van der Waals surface area (Å²) < 4.78 is 25.7. The highest BCUT2D eigenvalue weighted by Gasteiger charge is 2.23. The number of benzene rings is 1. The topological polar surface area (TPSA) is 148 Å². The van der Waals surface area contributed by atoms with Gasteiger partial charge in [0.2, 0.25) is 16.0 Å². The summed E-state index contributed by atoms with van der Waals surface area (Å²) in [6, 6.07) is 7.35. The maximum absolute atomic E-state index is 11.8. The molecule has 1 saturated carbocycles. The highest BCUT2D eigenvalue weighted by Crippen LogP contribution is 2.29. The number of hydrogen-bond acceptors (Lipinski definition) is 8. The molecule has 1 aliphatic rings. The minimum absolute atomic E-state index is 0.208. The number of aliphatic hydroxyl groups is 1. The number of nitrogens with two attached hydrogens (primary N) is 1. The quantitative estimate of drug-likeness (QED) is 0.390. The Hall–Kier alpha value is -2.76. The summed E-state index contributed by atoms with van der Waals surface area (Å²) in [5.41, 5.74) is 2.78. The zero-order valence-electron chi connectivity index (χ0n) is 18.9. The molecule has 11 heteroatoms. The van der Waals surface area contributed by atoms with E-state index in [0.717, 1.165) is 43.6 Å². The van der Waals surface area contributed by atoms with Gasteiger partial charge in [-0.25, -0.2) is 18.5 Å². The number of fused-ring (bicyclic) bond motifs is 1. The van der Waals surface area contributed by atoms with Crippen LogP contribution in [0.15, 0.2) is 30.6 Å². The van der Waals surface area contributed by atoms with E-state index in [2.05, 4.69) is 20.6 Å². The van der Waals surface area contributed by atoms with E-state index in [-0.39, 0.29) is 12.1 Å². The fourth-order valence-electron chi connectivity index (χ4n) is 4.31. The summed E-state index contributed by atoms with van der Waals surface area (Å²) in [6.07, 6.45) is 5.18. The molecular weight excluding hydrogens is 442 g/mol. The fourth-order valence-corrected chi connectivity index (χ4v) is 5.31. The van der Waals surface area contributed by atoms with Crippen molar-refractivity contribution < 1.29 is 13.5 Å². The summed E-state index contributed by atoms with van der Waals surface area (Å²) in [5.74, 6) is 1.08.